The molecule has 1 aromatic heterocycles. The maximum absolute atomic E-state index is 13.3. The van der Waals surface area contributed by atoms with Gasteiger partial charge in [0, 0.05) is 29.2 Å². The van der Waals surface area contributed by atoms with Gasteiger partial charge in [-0.1, -0.05) is 29.8 Å². The minimum absolute atomic E-state index is 0.0830. The van der Waals surface area contributed by atoms with Crippen LogP contribution >= 0.6 is 0 Å². The predicted octanol–water partition coefficient (Wildman–Crippen LogP) is 5.16. The van der Waals surface area contributed by atoms with Crippen molar-refractivity contribution in [3.05, 3.63) is 101 Å². The van der Waals surface area contributed by atoms with Crippen LogP contribution in [0.1, 0.15) is 28.3 Å². The Labute approximate surface area is 214 Å². The smallest absolute Gasteiger partial charge is 0.295 e. The number of ether oxygens (including phenoxy) is 2. The molecule has 0 saturated carbocycles. The molecule has 2 N–H and O–H groups in total. The van der Waals surface area contributed by atoms with Crippen LogP contribution in [0.2, 0.25) is 0 Å². The number of hydrogen-bond acceptors (Lipinski definition) is 5. The third kappa shape index (κ3) is 4.44. The normalized spacial score (nSPS) is 16.9. The fourth-order valence-corrected chi connectivity index (χ4v) is 4.84. The van der Waals surface area contributed by atoms with Gasteiger partial charge in [-0.05, 0) is 66.9 Å². The Hall–Kier alpha value is -4.52. The molecule has 1 saturated heterocycles. The van der Waals surface area contributed by atoms with Gasteiger partial charge in [-0.15, -0.1) is 0 Å². The molecule has 0 bridgehead atoms. The number of nitrogens with zero attached hydrogens (tertiary/aromatic N) is 1. The van der Waals surface area contributed by atoms with Crippen LogP contribution in [0.5, 0.6) is 11.5 Å². The molecule has 2 heterocycles. The van der Waals surface area contributed by atoms with E-state index in [-0.39, 0.29) is 11.3 Å². The Morgan fingerprint density at radius 1 is 0.946 bits per heavy atom. The van der Waals surface area contributed by atoms with Gasteiger partial charge in [0.1, 0.15) is 17.3 Å². The summed E-state index contributed by atoms with van der Waals surface area (Å²) in [5.74, 6) is -0.154. The van der Waals surface area contributed by atoms with Crippen molar-refractivity contribution < 1.29 is 24.2 Å². The zero-order chi connectivity index (χ0) is 26.1. The molecule has 1 atom stereocenters. The number of aliphatic hydroxyl groups is 1. The number of likely N-dealkylation sites (tertiary alicyclic amines) is 1. The Morgan fingerprint density at radius 2 is 1.62 bits per heavy atom. The molecule has 188 valence electrons. The number of aliphatic hydroxyl groups excluding tert-OH is 1. The van der Waals surface area contributed by atoms with E-state index in [2.05, 4.69) is 4.98 Å². The first-order valence-corrected chi connectivity index (χ1v) is 12.0. The van der Waals surface area contributed by atoms with Gasteiger partial charge in [0.15, 0.2) is 0 Å². The number of nitrogens with one attached hydrogen (secondary N) is 1. The number of carbonyl (C=O) groups is 2. The number of rotatable bonds is 7. The first-order valence-electron chi connectivity index (χ1n) is 12.0. The highest BCUT2D eigenvalue weighted by molar-refractivity contribution is 6.46. The Bertz CT molecular complexity index is 1500. The monoisotopic (exact) mass is 496 g/mol. The van der Waals surface area contributed by atoms with E-state index in [1.165, 1.54) is 0 Å². The van der Waals surface area contributed by atoms with Gasteiger partial charge in [-0.2, -0.15) is 0 Å². The quantitative estimate of drug-likeness (QED) is 0.210. The summed E-state index contributed by atoms with van der Waals surface area (Å²) >= 11 is 0. The van der Waals surface area contributed by atoms with Gasteiger partial charge in [0.25, 0.3) is 11.7 Å². The van der Waals surface area contributed by atoms with Crippen LogP contribution < -0.4 is 9.47 Å². The number of amides is 1. The van der Waals surface area contributed by atoms with Crippen LogP contribution in [0.15, 0.2) is 78.5 Å². The number of ketones is 1. The summed E-state index contributed by atoms with van der Waals surface area (Å²) in [5.41, 5.74) is 4.32. The van der Waals surface area contributed by atoms with Crippen molar-refractivity contribution in [1.82, 2.24) is 9.88 Å². The van der Waals surface area contributed by atoms with Crippen molar-refractivity contribution in [2.24, 2.45) is 0 Å². The zero-order valence-corrected chi connectivity index (χ0v) is 20.9. The van der Waals surface area contributed by atoms with Crippen LogP contribution in [0.3, 0.4) is 0 Å². The average molecular weight is 497 g/mol. The van der Waals surface area contributed by atoms with Gasteiger partial charge in [-0.25, -0.2) is 0 Å². The number of benzene rings is 3. The minimum Gasteiger partial charge on any atom is -0.507 e. The van der Waals surface area contributed by atoms with Crippen molar-refractivity contribution in [3.63, 3.8) is 0 Å². The molecule has 1 fully saturated rings. The largest absolute Gasteiger partial charge is 0.507 e. The van der Waals surface area contributed by atoms with E-state index < -0.39 is 17.7 Å². The Balaban J connectivity index is 1.54. The second-order valence-corrected chi connectivity index (χ2v) is 9.11. The summed E-state index contributed by atoms with van der Waals surface area (Å²) in [6.07, 6.45) is 2.43. The van der Waals surface area contributed by atoms with E-state index in [0.717, 1.165) is 33.3 Å². The molecule has 1 aliphatic rings. The Morgan fingerprint density at radius 3 is 2.30 bits per heavy atom. The van der Waals surface area contributed by atoms with Crippen molar-refractivity contribution >= 4 is 28.4 Å². The van der Waals surface area contributed by atoms with E-state index in [4.69, 9.17) is 9.47 Å². The number of methoxy groups -OCH3 is 2. The second kappa shape index (κ2) is 9.85. The third-order valence-electron chi connectivity index (χ3n) is 6.89. The number of fused-ring (bicyclic) bond motifs is 1. The standard InChI is InChI=1S/C30H28N2O5/c1-18-4-6-19(7-5-18)27-26(28(33)20-8-10-22(36-2)11-9-20)29(34)30(35)32(27)15-14-21-17-31-25-13-12-23(37-3)16-24(21)25/h4-13,16-17,27,31,33H,14-15H2,1-3H3/t27-/m1/s1. The molecule has 0 radical (unpaired) electrons. The molecule has 7 heteroatoms. The van der Waals surface area contributed by atoms with E-state index >= 15 is 0 Å². The molecule has 1 amide bonds. The van der Waals surface area contributed by atoms with Crippen molar-refractivity contribution in [3.8, 4) is 11.5 Å². The lowest BCUT2D eigenvalue weighted by atomic mass is 9.94. The number of hydrogen-bond donors (Lipinski definition) is 2. The molecule has 5 rings (SSSR count). The molecule has 0 aliphatic carbocycles. The highest BCUT2D eigenvalue weighted by Gasteiger charge is 2.45. The maximum atomic E-state index is 13.3. The van der Waals surface area contributed by atoms with Crippen molar-refractivity contribution in [1.29, 1.82) is 0 Å². The number of Topliss-reactive ketones (excluding diaryl/α,β-unsaturated/α-hetero) is 1. The summed E-state index contributed by atoms with van der Waals surface area (Å²) in [6, 6.07) is 19.5. The summed E-state index contributed by atoms with van der Waals surface area (Å²) in [7, 11) is 3.18. The van der Waals surface area contributed by atoms with Gasteiger partial charge < -0.3 is 24.5 Å². The second-order valence-electron chi connectivity index (χ2n) is 9.11. The maximum Gasteiger partial charge on any atom is 0.295 e. The number of aromatic nitrogens is 1. The van der Waals surface area contributed by atoms with Crippen molar-refractivity contribution in [2.45, 2.75) is 19.4 Å². The Kier molecular flexibility index (Phi) is 6.44. The van der Waals surface area contributed by atoms with Crippen molar-refractivity contribution in [2.75, 3.05) is 20.8 Å². The number of H-pyrrole nitrogens is 1. The van der Waals surface area contributed by atoms with Gasteiger partial charge in [0.05, 0.1) is 25.8 Å². The zero-order valence-electron chi connectivity index (χ0n) is 20.9. The van der Waals surface area contributed by atoms with E-state index in [1.807, 2.05) is 55.6 Å². The number of aryl methyl sites for hydroxylation is 1. The van der Waals surface area contributed by atoms with Gasteiger partial charge in [-0.3, -0.25) is 9.59 Å². The highest BCUT2D eigenvalue weighted by atomic mass is 16.5. The third-order valence-corrected chi connectivity index (χ3v) is 6.89. The first kappa shape index (κ1) is 24.2. The lowest BCUT2D eigenvalue weighted by Gasteiger charge is -2.25. The topological polar surface area (TPSA) is 91.9 Å². The molecule has 0 unspecified atom stereocenters. The van der Waals surface area contributed by atoms with Gasteiger partial charge >= 0.3 is 0 Å². The summed E-state index contributed by atoms with van der Waals surface area (Å²) in [6.45, 7) is 2.27. The van der Waals surface area contributed by atoms with Crippen LogP contribution in [-0.4, -0.2) is 47.4 Å². The fourth-order valence-electron chi connectivity index (χ4n) is 4.84. The van der Waals surface area contributed by atoms with Gasteiger partial charge in [0.2, 0.25) is 0 Å². The average Bonchev–Trinajstić information content (AvgIpc) is 3.44. The van der Waals surface area contributed by atoms with Crippen LogP contribution in [0.4, 0.5) is 0 Å². The van der Waals surface area contributed by atoms with Crippen LogP contribution in [-0.2, 0) is 16.0 Å². The highest BCUT2D eigenvalue weighted by Crippen LogP contribution is 2.40. The lowest BCUT2D eigenvalue weighted by molar-refractivity contribution is -0.139. The van der Waals surface area contributed by atoms with Crippen LogP contribution in [0, 0.1) is 6.92 Å². The molecule has 1 aliphatic heterocycles. The number of aromatic amines is 1. The molecule has 4 aromatic rings. The molecule has 7 nitrogen and oxygen atoms in total. The molecule has 37 heavy (non-hydrogen) atoms. The predicted molar refractivity (Wildman–Crippen MR) is 142 cm³/mol. The summed E-state index contributed by atoms with van der Waals surface area (Å²) < 4.78 is 10.6. The van der Waals surface area contributed by atoms with Crippen LogP contribution in [0.25, 0.3) is 16.7 Å². The fraction of sp³-hybridized carbons (Fsp3) is 0.200. The summed E-state index contributed by atoms with van der Waals surface area (Å²) in [5, 5.41) is 12.2. The molecular weight excluding hydrogens is 468 g/mol. The minimum atomic E-state index is -0.706. The SMILES string of the molecule is COc1ccc(C(O)=C2C(=O)C(=O)N(CCc3c[nH]c4ccc(OC)cc34)[C@@H]2c2ccc(C)cc2)cc1. The molecule has 3 aromatic carbocycles. The van der Waals surface area contributed by atoms with E-state index in [9.17, 15) is 14.7 Å². The molecule has 0 spiro atoms. The summed E-state index contributed by atoms with van der Waals surface area (Å²) in [4.78, 5) is 31.4. The first-order chi connectivity index (χ1) is 17.9. The van der Waals surface area contributed by atoms with E-state index in [0.29, 0.717) is 24.3 Å². The molecular formula is C30H28N2O5. The van der Waals surface area contributed by atoms with E-state index in [1.54, 1.807) is 43.4 Å². The number of carbonyl (C=O) groups excluding carboxylic acids is 2. The lowest BCUT2D eigenvalue weighted by Crippen LogP contribution is -2.31.